The first-order valence-electron chi connectivity index (χ1n) is 13.1. The normalized spacial score (nSPS) is 15.0. The van der Waals surface area contributed by atoms with Crippen LogP contribution in [0.1, 0.15) is 54.2 Å². The minimum Gasteiger partial charge on any atom is -0.497 e. The average Bonchev–Trinajstić information content (AvgIpc) is 2.96. The van der Waals surface area contributed by atoms with Crippen LogP contribution in [0.4, 0.5) is 10.5 Å². The molecule has 0 saturated carbocycles. The lowest BCUT2D eigenvalue weighted by atomic mass is 9.91. The Morgan fingerprint density at radius 2 is 1.74 bits per heavy atom. The Kier molecular flexibility index (Phi) is 8.99. The van der Waals surface area contributed by atoms with Crippen molar-refractivity contribution in [1.29, 1.82) is 0 Å². The van der Waals surface area contributed by atoms with Gasteiger partial charge in [0.2, 0.25) is 0 Å². The van der Waals surface area contributed by atoms with Crippen molar-refractivity contribution < 1.29 is 23.9 Å². The van der Waals surface area contributed by atoms with Crippen LogP contribution >= 0.6 is 0 Å². The molecule has 0 aliphatic carbocycles. The first-order chi connectivity index (χ1) is 19.0. The summed E-state index contributed by atoms with van der Waals surface area (Å²) in [5, 5.41) is 5.91. The van der Waals surface area contributed by atoms with Gasteiger partial charge in [0.15, 0.2) is 0 Å². The monoisotopic (exact) mass is 527 g/mol. The van der Waals surface area contributed by atoms with Crippen molar-refractivity contribution in [1.82, 2.24) is 10.2 Å². The molecule has 0 radical (unpaired) electrons. The second-order valence-corrected chi connectivity index (χ2v) is 9.05. The highest BCUT2D eigenvalue weighted by atomic mass is 16.5. The smallest absolute Gasteiger partial charge is 0.338 e. The Hall–Kier alpha value is -4.59. The summed E-state index contributed by atoms with van der Waals surface area (Å²) in [5.41, 5.74) is 3.22. The van der Waals surface area contributed by atoms with Crippen molar-refractivity contribution in [3.63, 3.8) is 0 Å². The zero-order valence-electron chi connectivity index (χ0n) is 22.4. The maximum atomic E-state index is 13.5. The van der Waals surface area contributed by atoms with Crippen LogP contribution in [0, 0.1) is 0 Å². The minimum atomic E-state index is -0.779. The van der Waals surface area contributed by atoms with Crippen molar-refractivity contribution in [3.8, 4) is 5.75 Å². The third-order valence-electron chi connectivity index (χ3n) is 6.41. The summed E-state index contributed by atoms with van der Waals surface area (Å²) in [6.07, 6.45) is 1.66. The van der Waals surface area contributed by atoms with Gasteiger partial charge in [-0.1, -0.05) is 61.9 Å². The maximum absolute atomic E-state index is 13.5. The van der Waals surface area contributed by atoms with Gasteiger partial charge in [0, 0.05) is 17.8 Å². The summed E-state index contributed by atoms with van der Waals surface area (Å²) >= 11 is 0. The number of rotatable bonds is 10. The quantitative estimate of drug-likeness (QED) is 0.326. The summed E-state index contributed by atoms with van der Waals surface area (Å²) < 4.78 is 10.7. The molecule has 0 bridgehead atoms. The number of esters is 1. The Labute approximate surface area is 228 Å². The van der Waals surface area contributed by atoms with E-state index in [1.807, 2.05) is 43.3 Å². The van der Waals surface area contributed by atoms with E-state index in [4.69, 9.17) is 9.47 Å². The number of benzene rings is 3. The van der Waals surface area contributed by atoms with E-state index in [2.05, 4.69) is 10.6 Å². The number of methoxy groups -OCH3 is 1. The zero-order valence-corrected chi connectivity index (χ0v) is 22.4. The van der Waals surface area contributed by atoms with Crippen LogP contribution in [-0.4, -0.2) is 43.1 Å². The number of hydrogen-bond donors (Lipinski definition) is 2. The largest absolute Gasteiger partial charge is 0.497 e. The molecule has 0 saturated heterocycles. The van der Waals surface area contributed by atoms with Gasteiger partial charge in [-0.2, -0.15) is 0 Å². The number of urea groups is 1. The summed E-state index contributed by atoms with van der Waals surface area (Å²) in [6.45, 7) is 4.45. The average molecular weight is 528 g/mol. The molecule has 1 aliphatic heterocycles. The lowest BCUT2D eigenvalue weighted by Crippen LogP contribution is -2.48. The lowest BCUT2D eigenvalue weighted by Gasteiger charge is -2.37. The van der Waals surface area contributed by atoms with Crippen molar-refractivity contribution in [2.75, 3.05) is 25.6 Å². The zero-order chi connectivity index (χ0) is 27.8. The van der Waals surface area contributed by atoms with E-state index < -0.39 is 12.0 Å². The van der Waals surface area contributed by atoms with Gasteiger partial charge in [-0.15, -0.1) is 0 Å². The molecular weight excluding hydrogens is 494 g/mol. The fourth-order valence-corrected chi connectivity index (χ4v) is 4.53. The summed E-state index contributed by atoms with van der Waals surface area (Å²) in [4.78, 5) is 41.5. The number of nitrogens with zero attached hydrogens (tertiary/aromatic N) is 1. The number of anilines is 1. The number of carbonyl (C=O) groups excluding carboxylic acids is 3. The van der Waals surface area contributed by atoms with Gasteiger partial charge >= 0.3 is 12.0 Å². The van der Waals surface area contributed by atoms with E-state index >= 15 is 0 Å². The standard InChI is InChI=1S/C31H33N3O5/c1-4-6-18-34-28(21-12-8-7-9-13-21)26(30(36)39-5-2)27(33-31(34)37)22-14-10-16-24(19-22)32-29(35)23-15-11-17-25(20-23)38-3/h7-17,19-20,27H,4-6,18H2,1-3H3,(H,32,35)(H,33,37)/t27-/m0/s1. The highest BCUT2D eigenvalue weighted by molar-refractivity contribution is 6.06. The second kappa shape index (κ2) is 12.8. The van der Waals surface area contributed by atoms with Crippen molar-refractivity contribution in [3.05, 3.63) is 101 Å². The van der Waals surface area contributed by atoms with Gasteiger partial charge in [-0.05, 0) is 54.8 Å². The Morgan fingerprint density at radius 1 is 0.974 bits per heavy atom. The molecule has 3 amide bonds. The van der Waals surface area contributed by atoms with Crippen molar-refractivity contribution in [2.24, 2.45) is 0 Å². The van der Waals surface area contributed by atoms with E-state index in [0.717, 1.165) is 18.4 Å². The third kappa shape index (κ3) is 6.29. The summed E-state index contributed by atoms with van der Waals surface area (Å²) in [6, 6.07) is 22.3. The Bertz CT molecular complexity index is 1370. The molecule has 39 heavy (non-hydrogen) atoms. The highest BCUT2D eigenvalue weighted by Crippen LogP contribution is 2.37. The van der Waals surface area contributed by atoms with Gasteiger partial charge in [0.1, 0.15) is 5.75 Å². The second-order valence-electron chi connectivity index (χ2n) is 9.05. The maximum Gasteiger partial charge on any atom is 0.338 e. The summed E-state index contributed by atoms with van der Waals surface area (Å²) in [5.74, 6) is -0.240. The fraction of sp³-hybridized carbons (Fsp3) is 0.258. The van der Waals surface area contributed by atoms with Crippen molar-refractivity contribution >= 4 is 29.3 Å². The molecule has 1 aliphatic rings. The molecule has 202 valence electrons. The van der Waals surface area contributed by atoms with Gasteiger partial charge in [0.05, 0.1) is 31.0 Å². The molecule has 3 aromatic rings. The van der Waals surface area contributed by atoms with Crippen molar-refractivity contribution in [2.45, 2.75) is 32.7 Å². The van der Waals surface area contributed by atoms with Crippen LogP contribution in [0.15, 0.2) is 84.4 Å². The molecule has 0 spiro atoms. The van der Waals surface area contributed by atoms with Gasteiger partial charge in [0.25, 0.3) is 5.91 Å². The van der Waals surface area contributed by atoms with Gasteiger partial charge < -0.3 is 20.1 Å². The van der Waals surface area contributed by atoms with Crippen LogP contribution in [0.5, 0.6) is 5.75 Å². The molecule has 4 rings (SSSR count). The SMILES string of the molecule is CCCCN1C(=O)N[C@@H](c2cccc(NC(=O)c3cccc(OC)c3)c2)C(C(=O)OCC)=C1c1ccccc1. The Balaban J connectivity index is 1.77. The molecule has 8 nitrogen and oxygen atoms in total. The molecule has 0 unspecified atom stereocenters. The molecule has 1 heterocycles. The van der Waals surface area contributed by atoms with E-state index in [-0.39, 0.29) is 18.5 Å². The predicted octanol–water partition coefficient (Wildman–Crippen LogP) is 5.79. The van der Waals surface area contributed by atoms with E-state index in [1.54, 1.807) is 61.4 Å². The van der Waals surface area contributed by atoms with Gasteiger partial charge in [-0.25, -0.2) is 9.59 Å². The molecule has 3 aromatic carbocycles. The summed E-state index contributed by atoms with van der Waals surface area (Å²) in [7, 11) is 1.54. The first-order valence-corrected chi connectivity index (χ1v) is 13.1. The van der Waals surface area contributed by atoms with Crippen LogP contribution in [0.25, 0.3) is 5.70 Å². The lowest BCUT2D eigenvalue weighted by molar-refractivity contribution is -0.138. The number of nitrogens with one attached hydrogen (secondary N) is 2. The fourth-order valence-electron chi connectivity index (χ4n) is 4.53. The molecule has 8 heteroatoms. The molecule has 0 fully saturated rings. The van der Waals surface area contributed by atoms with Gasteiger partial charge in [-0.3, -0.25) is 9.69 Å². The van der Waals surface area contributed by atoms with E-state index in [0.29, 0.717) is 40.4 Å². The molecular formula is C31H33N3O5. The number of ether oxygens (including phenoxy) is 2. The Morgan fingerprint density at radius 3 is 2.46 bits per heavy atom. The third-order valence-corrected chi connectivity index (χ3v) is 6.41. The number of unbranched alkanes of at least 4 members (excludes halogenated alkanes) is 1. The molecule has 0 aromatic heterocycles. The molecule has 2 N–H and O–H groups in total. The predicted molar refractivity (Wildman–Crippen MR) is 150 cm³/mol. The van der Waals surface area contributed by atoms with E-state index in [1.165, 1.54) is 0 Å². The number of amides is 3. The van der Waals surface area contributed by atoms with Crippen LogP contribution in [0.3, 0.4) is 0 Å². The minimum absolute atomic E-state index is 0.191. The van der Waals surface area contributed by atoms with Crippen LogP contribution < -0.4 is 15.4 Å². The van der Waals surface area contributed by atoms with Crippen LogP contribution in [-0.2, 0) is 9.53 Å². The first kappa shape index (κ1) is 27.4. The number of hydrogen-bond acceptors (Lipinski definition) is 5. The topological polar surface area (TPSA) is 97.0 Å². The molecule has 1 atom stereocenters. The highest BCUT2D eigenvalue weighted by Gasteiger charge is 2.38. The van der Waals surface area contributed by atoms with E-state index in [9.17, 15) is 14.4 Å². The number of carbonyl (C=O) groups is 3. The van der Waals surface area contributed by atoms with Crippen LogP contribution in [0.2, 0.25) is 0 Å².